The molecule has 0 aliphatic heterocycles. The summed E-state index contributed by atoms with van der Waals surface area (Å²) >= 11 is 5.29. The normalized spacial score (nSPS) is 10.8. The fraction of sp³-hybridized carbons (Fsp3) is 0.250. The standard InChI is InChI=1S/C16H18N6OS/c1-11-4-3-5-12(10-11)15-18-19-16(24)22(15)9-7-14(23)17-13-6-8-21(2)20-13/h3-6,8,10H,7,9H2,1-2H3,(H,19,24)(H,17,20,23). The molecule has 24 heavy (non-hydrogen) atoms. The molecule has 0 fully saturated rings. The lowest BCUT2D eigenvalue weighted by molar-refractivity contribution is -0.116. The van der Waals surface area contributed by atoms with Gasteiger partial charge in [-0.05, 0) is 25.2 Å². The van der Waals surface area contributed by atoms with Gasteiger partial charge < -0.3 is 5.32 Å². The van der Waals surface area contributed by atoms with Gasteiger partial charge in [-0.2, -0.15) is 10.2 Å². The number of benzene rings is 1. The van der Waals surface area contributed by atoms with Crippen molar-refractivity contribution in [3.8, 4) is 11.4 Å². The van der Waals surface area contributed by atoms with Gasteiger partial charge in [0.15, 0.2) is 16.4 Å². The van der Waals surface area contributed by atoms with Crippen molar-refractivity contribution < 1.29 is 4.79 Å². The van der Waals surface area contributed by atoms with Crippen LogP contribution in [0.5, 0.6) is 0 Å². The number of aryl methyl sites for hydroxylation is 2. The van der Waals surface area contributed by atoms with E-state index in [1.807, 2.05) is 35.8 Å². The fourth-order valence-electron chi connectivity index (χ4n) is 2.43. The highest BCUT2D eigenvalue weighted by Gasteiger charge is 2.11. The molecule has 0 saturated carbocycles. The summed E-state index contributed by atoms with van der Waals surface area (Å²) in [5, 5.41) is 14.0. The Hall–Kier alpha value is -2.74. The average Bonchev–Trinajstić information content (AvgIpc) is 3.11. The van der Waals surface area contributed by atoms with Gasteiger partial charge in [-0.3, -0.25) is 19.1 Å². The van der Waals surface area contributed by atoms with Crippen molar-refractivity contribution in [2.75, 3.05) is 5.32 Å². The first-order chi connectivity index (χ1) is 11.5. The molecule has 2 N–H and O–H groups in total. The number of amides is 1. The van der Waals surface area contributed by atoms with Crippen LogP contribution in [0, 0.1) is 11.7 Å². The zero-order chi connectivity index (χ0) is 17.1. The lowest BCUT2D eigenvalue weighted by Crippen LogP contribution is -2.15. The number of hydrogen-bond donors (Lipinski definition) is 2. The van der Waals surface area contributed by atoms with Crippen LogP contribution in [0.25, 0.3) is 11.4 Å². The summed E-state index contributed by atoms with van der Waals surface area (Å²) in [5.41, 5.74) is 2.10. The molecule has 0 aliphatic carbocycles. The number of nitrogens with one attached hydrogen (secondary N) is 2. The summed E-state index contributed by atoms with van der Waals surface area (Å²) in [5.74, 6) is 1.15. The number of aromatic nitrogens is 5. The molecule has 0 atom stereocenters. The number of anilines is 1. The molecule has 0 saturated heterocycles. The first-order valence-corrected chi connectivity index (χ1v) is 7.95. The largest absolute Gasteiger partial charge is 0.309 e. The van der Waals surface area contributed by atoms with Gasteiger partial charge in [-0.1, -0.05) is 23.8 Å². The second kappa shape index (κ2) is 6.79. The van der Waals surface area contributed by atoms with Crippen molar-refractivity contribution >= 4 is 23.9 Å². The Morgan fingerprint density at radius 2 is 2.21 bits per heavy atom. The van der Waals surface area contributed by atoms with Gasteiger partial charge >= 0.3 is 0 Å². The molecule has 1 aromatic carbocycles. The topological polar surface area (TPSA) is 80.5 Å². The highest BCUT2D eigenvalue weighted by Crippen LogP contribution is 2.19. The summed E-state index contributed by atoms with van der Waals surface area (Å²) < 4.78 is 3.97. The predicted octanol–water partition coefficient (Wildman–Crippen LogP) is 2.68. The fourth-order valence-corrected chi connectivity index (χ4v) is 2.65. The van der Waals surface area contributed by atoms with Crippen molar-refractivity contribution in [1.82, 2.24) is 24.5 Å². The van der Waals surface area contributed by atoms with Crippen molar-refractivity contribution in [2.45, 2.75) is 19.9 Å². The van der Waals surface area contributed by atoms with Gasteiger partial charge in [-0.25, -0.2) is 0 Å². The highest BCUT2D eigenvalue weighted by molar-refractivity contribution is 7.71. The third kappa shape index (κ3) is 3.60. The van der Waals surface area contributed by atoms with E-state index in [4.69, 9.17) is 12.2 Å². The van der Waals surface area contributed by atoms with E-state index in [1.165, 1.54) is 0 Å². The minimum Gasteiger partial charge on any atom is -0.309 e. The zero-order valence-electron chi connectivity index (χ0n) is 13.5. The smallest absolute Gasteiger partial charge is 0.227 e. The minimum atomic E-state index is -0.119. The summed E-state index contributed by atoms with van der Waals surface area (Å²) in [6.07, 6.45) is 2.06. The maximum Gasteiger partial charge on any atom is 0.227 e. The van der Waals surface area contributed by atoms with Gasteiger partial charge in [0.25, 0.3) is 0 Å². The molecule has 8 heteroatoms. The number of H-pyrrole nitrogens is 1. The maximum absolute atomic E-state index is 12.1. The van der Waals surface area contributed by atoms with Crippen LogP contribution >= 0.6 is 12.2 Å². The van der Waals surface area contributed by atoms with Crippen LogP contribution in [0.4, 0.5) is 5.82 Å². The number of carbonyl (C=O) groups is 1. The summed E-state index contributed by atoms with van der Waals surface area (Å²) in [6.45, 7) is 2.46. The summed E-state index contributed by atoms with van der Waals surface area (Å²) in [4.78, 5) is 12.1. The van der Waals surface area contributed by atoms with E-state index < -0.39 is 0 Å². The molecule has 0 spiro atoms. The second-order valence-corrected chi connectivity index (χ2v) is 5.93. The van der Waals surface area contributed by atoms with Gasteiger partial charge in [0.05, 0.1) is 0 Å². The number of carbonyl (C=O) groups excluding carboxylic acids is 1. The van der Waals surface area contributed by atoms with Crippen molar-refractivity contribution in [3.05, 3.63) is 46.9 Å². The minimum absolute atomic E-state index is 0.119. The molecule has 2 heterocycles. The van der Waals surface area contributed by atoms with Crippen LogP contribution in [0.3, 0.4) is 0 Å². The molecular weight excluding hydrogens is 324 g/mol. The third-order valence-corrected chi connectivity index (χ3v) is 3.89. The van der Waals surface area contributed by atoms with Gasteiger partial charge in [0.2, 0.25) is 5.91 Å². The molecule has 1 amide bonds. The molecule has 124 valence electrons. The first-order valence-electron chi connectivity index (χ1n) is 7.54. The molecule has 0 unspecified atom stereocenters. The molecule has 3 aromatic rings. The van der Waals surface area contributed by atoms with Crippen LogP contribution in [-0.4, -0.2) is 30.5 Å². The Labute approximate surface area is 144 Å². The van der Waals surface area contributed by atoms with Crippen LogP contribution in [0.15, 0.2) is 36.5 Å². The summed E-state index contributed by atoms with van der Waals surface area (Å²) in [6, 6.07) is 9.76. The monoisotopic (exact) mass is 342 g/mol. The Balaban J connectivity index is 1.72. The van der Waals surface area contributed by atoms with E-state index in [9.17, 15) is 4.79 Å². The van der Waals surface area contributed by atoms with Gasteiger partial charge in [-0.15, -0.1) is 0 Å². The molecular formula is C16H18N6OS. The SMILES string of the molecule is Cc1cccc(-c2n[nH]c(=S)n2CCC(=O)Nc2ccn(C)n2)c1. The van der Waals surface area contributed by atoms with Gasteiger partial charge in [0, 0.05) is 37.8 Å². The van der Waals surface area contributed by atoms with Crippen molar-refractivity contribution in [2.24, 2.45) is 7.05 Å². The molecule has 0 aliphatic rings. The molecule has 7 nitrogen and oxygen atoms in total. The molecule has 0 radical (unpaired) electrons. The molecule has 0 bridgehead atoms. The van der Waals surface area contributed by atoms with E-state index in [0.29, 0.717) is 17.1 Å². The quantitative estimate of drug-likeness (QED) is 0.699. The van der Waals surface area contributed by atoms with E-state index >= 15 is 0 Å². The van der Waals surface area contributed by atoms with E-state index in [2.05, 4.69) is 20.6 Å². The van der Waals surface area contributed by atoms with Crippen LogP contribution in [-0.2, 0) is 18.4 Å². The Morgan fingerprint density at radius 1 is 1.38 bits per heavy atom. The zero-order valence-corrected chi connectivity index (χ0v) is 14.3. The highest BCUT2D eigenvalue weighted by atomic mass is 32.1. The van der Waals surface area contributed by atoms with Crippen molar-refractivity contribution in [3.63, 3.8) is 0 Å². The van der Waals surface area contributed by atoms with Crippen LogP contribution in [0.2, 0.25) is 0 Å². The van der Waals surface area contributed by atoms with Crippen LogP contribution in [0.1, 0.15) is 12.0 Å². The Morgan fingerprint density at radius 3 is 2.92 bits per heavy atom. The predicted molar refractivity (Wildman–Crippen MR) is 94.0 cm³/mol. The number of rotatable bonds is 5. The first kappa shape index (κ1) is 16.1. The number of aromatic amines is 1. The van der Waals surface area contributed by atoms with Gasteiger partial charge in [0.1, 0.15) is 0 Å². The third-order valence-electron chi connectivity index (χ3n) is 3.58. The second-order valence-electron chi connectivity index (χ2n) is 5.55. The Kier molecular flexibility index (Phi) is 4.57. The lowest BCUT2D eigenvalue weighted by atomic mass is 10.1. The number of nitrogens with zero attached hydrogens (tertiary/aromatic N) is 4. The molecule has 3 rings (SSSR count). The lowest BCUT2D eigenvalue weighted by Gasteiger charge is -2.07. The average molecular weight is 342 g/mol. The van der Waals surface area contributed by atoms with Crippen LogP contribution < -0.4 is 5.32 Å². The van der Waals surface area contributed by atoms with E-state index in [1.54, 1.807) is 24.0 Å². The van der Waals surface area contributed by atoms with Crippen molar-refractivity contribution in [1.29, 1.82) is 0 Å². The van der Waals surface area contributed by atoms with E-state index in [0.717, 1.165) is 17.0 Å². The summed E-state index contributed by atoms with van der Waals surface area (Å²) in [7, 11) is 1.80. The molecule has 2 aromatic heterocycles. The van der Waals surface area contributed by atoms with E-state index in [-0.39, 0.29) is 12.3 Å². The maximum atomic E-state index is 12.1. The number of hydrogen-bond acceptors (Lipinski definition) is 4. The Bertz CT molecular complexity index is 923.